The Kier molecular flexibility index (Phi) is 7.04. The number of rotatable bonds is 8. The van der Waals surface area contributed by atoms with Gasteiger partial charge in [0.15, 0.2) is 0 Å². The number of methoxy groups -OCH3 is 2. The minimum Gasteiger partial charge on any atom is -0.497 e. The van der Waals surface area contributed by atoms with Gasteiger partial charge >= 0.3 is 0 Å². The second-order valence-electron chi connectivity index (χ2n) is 6.41. The summed E-state index contributed by atoms with van der Waals surface area (Å²) in [5.74, 6) is 1.59. The number of carbonyl (C=O) groups is 1. The molecular weight excluding hydrogens is 328 g/mol. The standard InChI is InChI=1S/C21H28N2O3/c1-15(19-8-6-7-9-20(19)26-5)22-21(24)16(2)23(3)14-17-10-12-18(25-4)13-11-17/h6-13,15-16H,14H2,1-5H3,(H,22,24). The summed E-state index contributed by atoms with van der Waals surface area (Å²) in [6.45, 7) is 4.56. The molecule has 0 bridgehead atoms. The van der Waals surface area contributed by atoms with Gasteiger partial charge in [-0.2, -0.15) is 0 Å². The van der Waals surface area contributed by atoms with Gasteiger partial charge in [-0.05, 0) is 44.7 Å². The zero-order valence-electron chi connectivity index (χ0n) is 16.2. The summed E-state index contributed by atoms with van der Waals surface area (Å²) in [6, 6.07) is 15.2. The number of hydrogen-bond donors (Lipinski definition) is 1. The largest absolute Gasteiger partial charge is 0.497 e. The van der Waals surface area contributed by atoms with E-state index in [1.165, 1.54) is 0 Å². The van der Waals surface area contributed by atoms with Gasteiger partial charge < -0.3 is 14.8 Å². The van der Waals surface area contributed by atoms with Crippen LogP contribution in [0.25, 0.3) is 0 Å². The molecular formula is C21H28N2O3. The molecule has 0 aliphatic rings. The summed E-state index contributed by atoms with van der Waals surface area (Å²) >= 11 is 0. The highest BCUT2D eigenvalue weighted by Crippen LogP contribution is 2.24. The predicted molar refractivity (Wildman–Crippen MR) is 103 cm³/mol. The van der Waals surface area contributed by atoms with E-state index in [1.807, 2.05) is 74.3 Å². The van der Waals surface area contributed by atoms with Gasteiger partial charge in [-0.25, -0.2) is 0 Å². The Hall–Kier alpha value is -2.53. The Bertz CT molecular complexity index is 715. The van der Waals surface area contributed by atoms with Crippen molar-refractivity contribution >= 4 is 5.91 Å². The lowest BCUT2D eigenvalue weighted by Gasteiger charge is -2.26. The molecule has 2 atom stereocenters. The highest BCUT2D eigenvalue weighted by Gasteiger charge is 2.21. The summed E-state index contributed by atoms with van der Waals surface area (Å²) in [5, 5.41) is 3.07. The molecule has 2 unspecified atom stereocenters. The number of likely N-dealkylation sites (N-methyl/N-ethyl adjacent to an activating group) is 1. The summed E-state index contributed by atoms with van der Waals surface area (Å²) in [4.78, 5) is 14.7. The monoisotopic (exact) mass is 356 g/mol. The molecule has 0 saturated heterocycles. The molecule has 0 aliphatic heterocycles. The SMILES string of the molecule is COc1ccc(CN(C)C(C)C(=O)NC(C)c2ccccc2OC)cc1. The molecule has 5 nitrogen and oxygen atoms in total. The van der Waals surface area contributed by atoms with Crippen LogP contribution in [0.4, 0.5) is 0 Å². The first kappa shape index (κ1) is 19.8. The lowest BCUT2D eigenvalue weighted by Crippen LogP contribution is -2.43. The molecule has 0 fully saturated rings. The molecule has 1 amide bonds. The van der Waals surface area contributed by atoms with E-state index in [-0.39, 0.29) is 18.0 Å². The fourth-order valence-electron chi connectivity index (χ4n) is 2.79. The van der Waals surface area contributed by atoms with E-state index in [9.17, 15) is 4.79 Å². The van der Waals surface area contributed by atoms with Crippen molar-refractivity contribution in [2.24, 2.45) is 0 Å². The van der Waals surface area contributed by atoms with Crippen LogP contribution in [0.15, 0.2) is 48.5 Å². The molecule has 2 aromatic rings. The van der Waals surface area contributed by atoms with Crippen LogP contribution in [-0.4, -0.2) is 38.1 Å². The highest BCUT2D eigenvalue weighted by molar-refractivity contribution is 5.81. The van der Waals surface area contributed by atoms with Gasteiger partial charge in [-0.1, -0.05) is 30.3 Å². The summed E-state index contributed by atoms with van der Waals surface area (Å²) < 4.78 is 10.6. The molecule has 2 rings (SSSR count). The number of nitrogens with one attached hydrogen (secondary N) is 1. The zero-order valence-corrected chi connectivity index (χ0v) is 16.2. The van der Waals surface area contributed by atoms with Gasteiger partial charge in [0.05, 0.1) is 26.3 Å². The van der Waals surface area contributed by atoms with Crippen LogP contribution in [0.3, 0.4) is 0 Å². The topological polar surface area (TPSA) is 50.8 Å². The molecule has 2 aromatic carbocycles. The molecule has 26 heavy (non-hydrogen) atoms. The minimum atomic E-state index is -0.255. The van der Waals surface area contributed by atoms with E-state index in [1.54, 1.807) is 14.2 Å². The normalized spacial score (nSPS) is 13.2. The number of carbonyl (C=O) groups excluding carboxylic acids is 1. The Morgan fingerprint density at radius 2 is 1.69 bits per heavy atom. The van der Waals surface area contributed by atoms with E-state index in [0.717, 1.165) is 22.6 Å². The smallest absolute Gasteiger partial charge is 0.237 e. The van der Waals surface area contributed by atoms with Gasteiger partial charge in [-0.15, -0.1) is 0 Å². The molecule has 0 radical (unpaired) electrons. The third-order valence-electron chi connectivity index (χ3n) is 4.60. The fourth-order valence-corrected chi connectivity index (χ4v) is 2.79. The number of amides is 1. The highest BCUT2D eigenvalue weighted by atomic mass is 16.5. The number of hydrogen-bond acceptors (Lipinski definition) is 4. The van der Waals surface area contributed by atoms with Gasteiger partial charge in [0, 0.05) is 12.1 Å². The Morgan fingerprint density at radius 3 is 2.31 bits per heavy atom. The Balaban J connectivity index is 1.96. The number of benzene rings is 2. The second kappa shape index (κ2) is 9.25. The first-order valence-corrected chi connectivity index (χ1v) is 8.72. The molecule has 0 aliphatic carbocycles. The number of ether oxygens (including phenoxy) is 2. The Morgan fingerprint density at radius 1 is 1.04 bits per heavy atom. The van der Waals surface area contributed by atoms with Crippen LogP contribution in [0.2, 0.25) is 0 Å². The first-order chi connectivity index (χ1) is 12.5. The van der Waals surface area contributed by atoms with Crippen LogP contribution >= 0.6 is 0 Å². The third kappa shape index (κ3) is 4.99. The van der Waals surface area contributed by atoms with Crippen molar-refractivity contribution in [3.05, 3.63) is 59.7 Å². The maximum atomic E-state index is 12.6. The lowest BCUT2D eigenvalue weighted by molar-refractivity contribution is -0.126. The Labute approximate surface area is 155 Å². The minimum absolute atomic E-state index is 0.0144. The molecule has 0 spiro atoms. The van der Waals surface area contributed by atoms with Crippen molar-refractivity contribution in [2.45, 2.75) is 32.5 Å². The van der Waals surface area contributed by atoms with Gasteiger partial charge in [0.1, 0.15) is 11.5 Å². The molecule has 1 N–H and O–H groups in total. The van der Waals surface area contributed by atoms with Gasteiger partial charge in [-0.3, -0.25) is 9.69 Å². The van der Waals surface area contributed by atoms with E-state index < -0.39 is 0 Å². The lowest BCUT2D eigenvalue weighted by atomic mass is 10.1. The first-order valence-electron chi connectivity index (χ1n) is 8.72. The van der Waals surface area contributed by atoms with Crippen LogP contribution < -0.4 is 14.8 Å². The molecule has 0 aromatic heterocycles. The van der Waals surface area contributed by atoms with Crippen molar-refractivity contribution < 1.29 is 14.3 Å². The van der Waals surface area contributed by atoms with E-state index >= 15 is 0 Å². The zero-order chi connectivity index (χ0) is 19.1. The van der Waals surface area contributed by atoms with Crippen molar-refractivity contribution in [3.8, 4) is 11.5 Å². The third-order valence-corrected chi connectivity index (χ3v) is 4.60. The molecule has 5 heteroatoms. The van der Waals surface area contributed by atoms with Gasteiger partial charge in [0.2, 0.25) is 5.91 Å². The van der Waals surface area contributed by atoms with Crippen LogP contribution in [-0.2, 0) is 11.3 Å². The van der Waals surface area contributed by atoms with Gasteiger partial charge in [0.25, 0.3) is 0 Å². The average Bonchev–Trinajstić information content (AvgIpc) is 2.67. The molecule has 0 saturated carbocycles. The van der Waals surface area contributed by atoms with Crippen LogP contribution in [0, 0.1) is 0 Å². The summed E-state index contributed by atoms with van der Waals surface area (Å²) in [5.41, 5.74) is 2.10. The summed E-state index contributed by atoms with van der Waals surface area (Å²) in [7, 11) is 5.23. The van der Waals surface area contributed by atoms with Crippen LogP contribution in [0.1, 0.15) is 31.0 Å². The number of nitrogens with zero attached hydrogens (tertiary/aromatic N) is 1. The quantitative estimate of drug-likeness (QED) is 0.788. The van der Waals surface area contributed by atoms with Crippen molar-refractivity contribution in [1.29, 1.82) is 0 Å². The second-order valence-corrected chi connectivity index (χ2v) is 6.41. The maximum Gasteiger partial charge on any atom is 0.237 e. The average molecular weight is 356 g/mol. The summed E-state index contributed by atoms with van der Waals surface area (Å²) in [6.07, 6.45) is 0. The fraction of sp³-hybridized carbons (Fsp3) is 0.381. The van der Waals surface area contributed by atoms with Crippen molar-refractivity contribution in [3.63, 3.8) is 0 Å². The molecule has 0 heterocycles. The van der Waals surface area contributed by atoms with E-state index in [0.29, 0.717) is 6.54 Å². The predicted octanol–water partition coefficient (Wildman–Crippen LogP) is 3.40. The van der Waals surface area contributed by atoms with Crippen molar-refractivity contribution in [2.75, 3.05) is 21.3 Å². The number of para-hydroxylation sites is 1. The maximum absolute atomic E-state index is 12.6. The van der Waals surface area contributed by atoms with Crippen molar-refractivity contribution in [1.82, 2.24) is 10.2 Å². The van der Waals surface area contributed by atoms with E-state index in [4.69, 9.17) is 9.47 Å². The molecule has 140 valence electrons. The van der Waals surface area contributed by atoms with E-state index in [2.05, 4.69) is 5.32 Å². The van der Waals surface area contributed by atoms with Crippen LogP contribution in [0.5, 0.6) is 11.5 Å².